The zero-order valence-corrected chi connectivity index (χ0v) is 12.3. The standard InChI is InChI=1S/C14H22N2O3/c1-6-16(7-2)14(17)15(3)11-8-9-12(18-4)13(10-11)19-5/h8-10H,6-7H2,1-5H3. The molecular formula is C14H22N2O3. The Morgan fingerprint density at radius 1 is 1.11 bits per heavy atom. The molecule has 0 spiro atoms. The SMILES string of the molecule is CCN(CC)C(=O)N(C)c1ccc(OC)c(OC)c1. The second kappa shape index (κ2) is 6.87. The highest BCUT2D eigenvalue weighted by molar-refractivity contribution is 5.91. The molecule has 0 unspecified atom stereocenters. The van der Waals surface area contributed by atoms with Gasteiger partial charge in [-0.05, 0) is 26.0 Å². The topological polar surface area (TPSA) is 42.0 Å². The van der Waals surface area contributed by atoms with Crippen molar-refractivity contribution in [3.05, 3.63) is 18.2 Å². The van der Waals surface area contributed by atoms with Gasteiger partial charge in [-0.2, -0.15) is 0 Å². The molecule has 1 rings (SSSR count). The molecule has 0 aliphatic heterocycles. The first-order valence-corrected chi connectivity index (χ1v) is 6.33. The van der Waals surface area contributed by atoms with Gasteiger partial charge in [-0.1, -0.05) is 0 Å². The van der Waals surface area contributed by atoms with Gasteiger partial charge in [0.1, 0.15) is 0 Å². The Hall–Kier alpha value is -1.91. The average molecular weight is 266 g/mol. The molecule has 1 aromatic carbocycles. The van der Waals surface area contributed by atoms with Gasteiger partial charge >= 0.3 is 6.03 Å². The summed E-state index contributed by atoms with van der Waals surface area (Å²) >= 11 is 0. The number of nitrogens with zero attached hydrogens (tertiary/aromatic N) is 2. The van der Waals surface area contributed by atoms with Gasteiger partial charge in [0.25, 0.3) is 0 Å². The number of amides is 2. The van der Waals surface area contributed by atoms with E-state index in [1.807, 2.05) is 19.9 Å². The van der Waals surface area contributed by atoms with E-state index in [9.17, 15) is 4.79 Å². The van der Waals surface area contributed by atoms with E-state index in [1.54, 1.807) is 43.2 Å². The van der Waals surface area contributed by atoms with Crippen LogP contribution in [-0.2, 0) is 0 Å². The lowest BCUT2D eigenvalue weighted by Gasteiger charge is -2.26. The second-order valence-electron chi connectivity index (χ2n) is 4.05. The fourth-order valence-corrected chi connectivity index (χ4v) is 1.85. The molecule has 0 N–H and O–H groups in total. The lowest BCUT2D eigenvalue weighted by molar-refractivity contribution is 0.211. The number of carbonyl (C=O) groups is 1. The van der Waals surface area contributed by atoms with Crippen LogP contribution in [0.4, 0.5) is 10.5 Å². The van der Waals surface area contributed by atoms with Crippen molar-refractivity contribution in [1.82, 2.24) is 4.90 Å². The quantitative estimate of drug-likeness (QED) is 0.822. The van der Waals surface area contributed by atoms with Gasteiger partial charge in [0.2, 0.25) is 0 Å². The van der Waals surface area contributed by atoms with Crippen LogP contribution in [0.2, 0.25) is 0 Å². The first kappa shape index (κ1) is 15.1. The predicted molar refractivity (Wildman–Crippen MR) is 76.3 cm³/mol. The third-order valence-electron chi connectivity index (χ3n) is 3.08. The fourth-order valence-electron chi connectivity index (χ4n) is 1.85. The van der Waals surface area contributed by atoms with E-state index < -0.39 is 0 Å². The van der Waals surface area contributed by atoms with Crippen LogP contribution in [-0.4, -0.2) is 45.3 Å². The van der Waals surface area contributed by atoms with E-state index in [1.165, 1.54) is 0 Å². The van der Waals surface area contributed by atoms with Crippen molar-refractivity contribution < 1.29 is 14.3 Å². The van der Waals surface area contributed by atoms with Crippen molar-refractivity contribution in [2.45, 2.75) is 13.8 Å². The van der Waals surface area contributed by atoms with Crippen molar-refractivity contribution >= 4 is 11.7 Å². The van der Waals surface area contributed by atoms with E-state index in [0.29, 0.717) is 24.6 Å². The van der Waals surface area contributed by atoms with Gasteiger partial charge in [0.05, 0.1) is 14.2 Å². The molecule has 5 nitrogen and oxygen atoms in total. The zero-order chi connectivity index (χ0) is 14.4. The molecule has 0 saturated carbocycles. The number of ether oxygens (including phenoxy) is 2. The predicted octanol–water partition coefficient (Wildman–Crippen LogP) is 2.60. The maximum absolute atomic E-state index is 12.2. The molecule has 0 atom stereocenters. The summed E-state index contributed by atoms with van der Waals surface area (Å²) in [5, 5.41) is 0. The molecule has 1 aromatic rings. The van der Waals surface area contributed by atoms with Crippen LogP contribution in [0, 0.1) is 0 Å². The largest absolute Gasteiger partial charge is 0.493 e. The molecule has 0 aromatic heterocycles. The molecular weight excluding hydrogens is 244 g/mol. The van der Waals surface area contributed by atoms with Crippen LogP contribution in [0.1, 0.15) is 13.8 Å². The van der Waals surface area contributed by atoms with E-state index in [2.05, 4.69) is 0 Å². The van der Waals surface area contributed by atoms with Crippen LogP contribution < -0.4 is 14.4 Å². The summed E-state index contributed by atoms with van der Waals surface area (Å²) in [7, 11) is 4.91. The summed E-state index contributed by atoms with van der Waals surface area (Å²) in [4.78, 5) is 15.6. The molecule has 106 valence electrons. The number of rotatable bonds is 5. The second-order valence-corrected chi connectivity index (χ2v) is 4.05. The molecule has 0 aliphatic carbocycles. The summed E-state index contributed by atoms with van der Waals surface area (Å²) in [5.74, 6) is 1.26. The maximum atomic E-state index is 12.2. The molecule has 0 fully saturated rings. The minimum Gasteiger partial charge on any atom is -0.493 e. The maximum Gasteiger partial charge on any atom is 0.324 e. The van der Waals surface area contributed by atoms with Crippen LogP contribution in [0.15, 0.2) is 18.2 Å². The minimum atomic E-state index is -0.0304. The molecule has 5 heteroatoms. The first-order chi connectivity index (χ1) is 9.08. The monoisotopic (exact) mass is 266 g/mol. The van der Waals surface area contributed by atoms with Crippen molar-refractivity contribution in [2.24, 2.45) is 0 Å². The third kappa shape index (κ3) is 3.30. The molecule has 0 saturated heterocycles. The number of hydrogen-bond acceptors (Lipinski definition) is 3. The summed E-state index contributed by atoms with van der Waals surface area (Å²) in [6.07, 6.45) is 0. The van der Waals surface area contributed by atoms with Crippen molar-refractivity contribution in [3.8, 4) is 11.5 Å². The van der Waals surface area contributed by atoms with Crippen LogP contribution in [0.25, 0.3) is 0 Å². The highest BCUT2D eigenvalue weighted by Crippen LogP contribution is 2.31. The van der Waals surface area contributed by atoms with Crippen molar-refractivity contribution in [1.29, 1.82) is 0 Å². The third-order valence-corrected chi connectivity index (χ3v) is 3.08. The smallest absolute Gasteiger partial charge is 0.324 e. The highest BCUT2D eigenvalue weighted by Gasteiger charge is 2.17. The lowest BCUT2D eigenvalue weighted by Crippen LogP contribution is -2.41. The molecule has 19 heavy (non-hydrogen) atoms. The average Bonchev–Trinajstić information content (AvgIpc) is 2.46. The number of anilines is 1. The number of benzene rings is 1. The van der Waals surface area contributed by atoms with Crippen LogP contribution >= 0.6 is 0 Å². The van der Waals surface area contributed by atoms with E-state index in [0.717, 1.165) is 5.69 Å². The number of methoxy groups -OCH3 is 2. The molecule has 0 aliphatic rings. The number of hydrogen-bond donors (Lipinski definition) is 0. The summed E-state index contributed by atoms with van der Waals surface area (Å²) in [5.41, 5.74) is 0.773. The van der Waals surface area contributed by atoms with Gasteiger partial charge in [-0.25, -0.2) is 4.79 Å². The number of carbonyl (C=O) groups excluding carboxylic acids is 1. The van der Waals surface area contributed by atoms with Gasteiger partial charge < -0.3 is 14.4 Å². The lowest BCUT2D eigenvalue weighted by atomic mass is 10.2. The Kier molecular flexibility index (Phi) is 5.48. The highest BCUT2D eigenvalue weighted by atomic mass is 16.5. The Labute approximate surface area is 114 Å². The molecule has 2 amide bonds. The zero-order valence-electron chi connectivity index (χ0n) is 12.3. The van der Waals surface area contributed by atoms with Crippen LogP contribution in [0.3, 0.4) is 0 Å². The van der Waals surface area contributed by atoms with Gasteiger partial charge in [0, 0.05) is 31.9 Å². The van der Waals surface area contributed by atoms with Gasteiger partial charge in [0.15, 0.2) is 11.5 Å². The molecule has 0 bridgehead atoms. The van der Waals surface area contributed by atoms with E-state index in [-0.39, 0.29) is 6.03 Å². The van der Waals surface area contributed by atoms with Crippen LogP contribution in [0.5, 0.6) is 11.5 Å². The summed E-state index contributed by atoms with van der Waals surface area (Å²) < 4.78 is 10.4. The van der Waals surface area contributed by atoms with E-state index in [4.69, 9.17) is 9.47 Å². The Morgan fingerprint density at radius 2 is 1.68 bits per heavy atom. The van der Waals surface area contributed by atoms with Crippen molar-refractivity contribution in [3.63, 3.8) is 0 Å². The Bertz CT molecular complexity index is 431. The van der Waals surface area contributed by atoms with E-state index >= 15 is 0 Å². The minimum absolute atomic E-state index is 0.0304. The normalized spacial score (nSPS) is 9.95. The Morgan fingerprint density at radius 3 is 2.16 bits per heavy atom. The van der Waals surface area contributed by atoms with Gasteiger partial charge in [-0.15, -0.1) is 0 Å². The van der Waals surface area contributed by atoms with Crippen molar-refractivity contribution in [2.75, 3.05) is 39.3 Å². The molecule has 0 heterocycles. The number of urea groups is 1. The molecule has 0 radical (unpaired) electrons. The Balaban J connectivity index is 2.99. The first-order valence-electron chi connectivity index (χ1n) is 6.33. The van der Waals surface area contributed by atoms with Gasteiger partial charge in [-0.3, -0.25) is 4.90 Å². The summed E-state index contributed by atoms with van der Waals surface area (Å²) in [6, 6.07) is 5.39. The summed E-state index contributed by atoms with van der Waals surface area (Å²) in [6.45, 7) is 5.30. The fraction of sp³-hybridized carbons (Fsp3) is 0.500.